The highest BCUT2D eigenvalue weighted by Crippen LogP contribution is 2.31. The summed E-state index contributed by atoms with van der Waals surface area (Å²) >= 11 is 3.32. The average molecular weight is 361 g/mol. The maximum Gasteiger partial charge on any atom is 0.257 e. The largest absolute Gasteiger partial charge is 0.369 e. The smallest absolute Gasteiger partial charge is 0.257 e. The number of halogens is 1. The van der Waals surface area contributed by atoms with Crippen molar-refractivity contribution in [2.75, 3.05) is 11.9 Å². The second-order valence-corrected chi connectivity index (χ2v) is 5.87. The maximum absolute atomic E-state index is 12.2. The van der Waals surface area contributed by atoms with Crippen LogP contribution in [-0.2, 0) is 4.79 Å². The fraction of sp³-hybridized carbons (Fsp3) is 0.125. The normalized spacial score (nSPS) is 16.5. The van der Waals surface area contributed by atoms with Crippen molar-refractivity contribution >= 4 is 33.4 Å². The molecule has 1 heterocycles. The topological polar surface area (TPSA) is 69.6 Å². The highest BCUT2D eigenvalue weighted by molar-refractivity contribution is 9.10. The Hall–Kier alpha value is -2.18. The number of nitrogens with one attached hydrogen (secondary N) is 1. The predicted molar refractivity (Wildman–Crippen MR) is 85.2 cm³/mol. The number of amides is 2. The molecule has 1 unspecified atom stereocenters. The van der Waals surface area contributed by atoms with Gasteiger partial charge < -0.3 is 10.4 Å². The van der Waals surface area contributed by atoms with E-state index in [0.29, 0.717) is 16.8 Å². The standard InChI is InChI=1S/C16H13BrN2O3/c17-10-4-3-5-11(8-10)18-14(20)9-19-15(21)12-6-1-2-7-13(12)16(19)22/h1-8,15,21H,9H2,(H,18,20). The highest BCUT2D eigenvalue weighted by atomic mass is 79.9. The number of carbonyl (C=O) groups excluding carboxylic acids is 2. The molecule has 2 aromatic carbocycles. The summed E-state index contributed by atoms with van der Waals surface area (Å²) in [6.07, 6.45) is -1.09. The highest BCUT2D eigenvalue weighted by Gasteiger charge is 2.36. The van der Waals surface area contributed by atoms with Crippen molar-refractivity contribution in [3.8, 4) is 0 Å². The lowest BCUT2D eigenvalue weighted by Crippen LogP contribution is -2.36. The second-order valence-electron chi connectivity index (χ2n) is 4.95. The van der Waals surface area contributed by atoms with Gasteiger partial charge in [0, 0.05) is 21.3 Å². The lowest BCUT2D eigenvalue weighted by atomic mass is 10.1. The number of aliphatic hydroxyl groups is 1. The predicted octanol–water partition coefficient (Wildman–Crippen LogP) is 2.53. The van der Waals surface area contributed by atoms with Gasteiger partial charge in [0.25, 0.3) is 5.91 Å². The number of fused-ring (bicyclic) bond motifs is 1. The molecule has 0 spiro atoms. The van der Waals surface area contributed by atoms with Crippen molar-refractivity contribution in [3.05, 3.63) is 64.1 Å². The van der Waals surface area contributed by atoms with Gasteiger partial charge in [0.15, 0.2) is 6.23 Å². The Morgan fingerprint density at radius 2 is 2.00 bits per heavy atom. The third kappa shape index (κ3) is 2.75. The minimum absolute atomic E-state index is 0.207. The maximum atomic E-state index is 12.2. The number of hydrogen-bond acceptors (Lipinski definition) is 3. The number of rotatable bonds is 3. The Morgan fingerprint density at radius 1 is 1.23 bits per heavy atom. The van der Waals surface area contributed by atoms with Crippen molar-refractivity contribution in [1.82, 2.24) is 4.90 Å². The van der Waals surface area contributed by atoms with Gasteiger partial charge in [-0.15, -0.1) is 0 Å². The Kier molecular flexibility index (Phi) is 3.96. The Morgan fingerprint density at radius 3 is 2.73 bits per heavy atom. The lowest BCUT2D eigenvalue weighted by Gasteiger charge is -2.20. The van der Waals surface area contributed by atoms with Crippen molar-refractivity contribution in [1.29, 1.82) is 0 Å². The van der Waals surface area contributed by atoms with Gasteiger partial charge in [0.05, 0.1) is 0 Å². The molecule has 0 bridgehead atoms. The third-order valence-electron chi connectivity index (χ3n) is 3.45. The average Bonchev–Trinajstić information content (AvgIpc) is 2.73. The summed E-state index contributed by atoms with van der Waals surface area (Å²) in [6, 6.07) is 14.0. The second kappa shape index (κ2) is 5.90. The molecule has 3 rings (SSSR count). The molecule has 0 saturated carbocycles. The summed E-state index contributed by atoms with van der Waals surface area (Å²) in [5.74, 6) is -0.703. The number of carbonyl (C=O) groups is 2. The molecule has 0 saturated heterocycles. The number of anilines is 1. The van der Waals surface area contributed by atoms with E-state index in [0.717, 1.165) is 9.37 Å². The van der Waals surface area contributed by atoms with Crippen molar-refractivity contribution in [2.24, 2.45) is 0 Å². The Balaban J connectivity index is 1.72. The summed E-state index contributed by atoms with van der Waals surface area (Å²) in [6.45, 7) is -0.207. The zero-order valence-corrected chi connectivity index (χ0v) is 13.1. The van der Waals surface area contributed by atoms with Crippen LogP contribution in [0.15, 0.2) is 53.0 Å². The van der Waals surface area contributed by atoms with Crippen LogP contribution in [0.4, 0.5) is 5.69 Å². The van der Waals surface area contributed by atoms with E-state index < -0.39 is 6.23 Å². The molecule has 2 aromatic rings. The van der Waals surface area contributed by atoms with Crippen LogP contribution in [0.2, 0.25) is 0 Å². The third-order valence-corrected chi connectivity index (χ3v) is 3.94. The molecule has 2 amide bonds. The Bertz CT molecular complexity index is 748. The lowest BCUT2D eigenvalue weighted by molar-refractivity contribution is -0.118. The van der Waals surface area contributed by atoms with E-state index in [1.165, 1.54) is 0 Å². The monoisotopic (exact) mass is 360 g/mol. The van der Waals surface area contributed by atoms with E-state index in [9.17, 15) is 14.7 Å². The van der Waals surface area contributed by atoms with E-state index >= 15 is 0 Å². The summed E-state index contributed by atoms with van der Waals surface area (Å²) in [4.78, 5) is 25.5. The summed E-state index contributed by atoms with van der Waals surface area (Å²) in [5, 5.41) is 12.9. The quantitative estimate of drug-likeness (QED) is 0.883. The number of aliphatic hydroxyl groups excluding tert-OH is 1. The Labute approximate surface area is 135 Å². The van der Waals surface area contributed by atoms with E-state index in [-0.39, 0.29) is 18.4 Å². The molecule has 1 aliphatic rings. The molecule has 6 heteroatoms. The van der Waals surface area contributed by atoms with E-state index in [2.05, 4.69) is 21.2 Å². The minimum atomic E-state index is -1.09. The van der Waals surface area contributed by atoms with Crippen LogP contribution in [-0.4, -0.2) is 28.4 Å². The number of benzene rings is 2. The summed E-state index contributed by atoms with van der Waals surface area (Å²) in [5.41, 5.74) is 1.59. The molecule has 1 aliphatic heterocycles. The van der Waals surface area contributed by atoms with Gasteiger partial charge >= 0.3 is 0 Å². The van der Waals surface area contributed by atoms with E-state index in [1.807, 2.05) is 6.07 Å². The molecule has 0 aromatic heterocycles. The minimum Gasteiger partial charge on any atom is -0.369 e. The molecule has 112 valence electrons. The molecule has 2 N–H and O–H groups in total. The zero-order valence-electron chi connectivity index (χ0n) is 11.5. The van der Waals surface area contributed by atoms with Crippen LogP contribution < -0.4 is 5.32 Å². The number of nitrogens with zero attached hydrogens (tertiary/aromatic N) is 1. The molecular formula is C16H13BrN2O3. The fourth-order valence-corrected chi connectivity index (χ4v) is 2.83. The van der Waals surface area contributed by atoms with Gasteiger partial charge in [-0.3, -0.25) is 14.5 Å². The van der Waals surface area contributed by atoms with Gasteiger partial charge in [0.2, 0.25) is 5.91 Å². The van der Waals surface area contributed by atoms with E-state index in [4.69, 9.17) is 0 Å². The van der Waals surface area contributed by atoms with Gasteiger partial charge in [-0.2, -0.15) is 0 Å². The first-order chi connectivity index (χ1) is 10.6. The van der Waals surface area contributed by atoms with Gasteiger partial charge in [0.1, 0.15) is 6.54 Å². The van der Waals surface area contributed by atoms with Crippen LogP contribution in [0.5, 0.6) is 0 Å². The van der Waals surface area contributed by atoms with Crippen LogP contribution in [0.25, 0.3) is 0 Å². The van der Waals surface area contributed by atoms with Crippen molar-refractivity contribution in [2.45, 2.75) is 6.23 Å². The molecule has 1 atom stereocenters. The van der Waals surface area contributed by atoms with Crippen molar-refractivity contribution < 1.29 is 14.7 Å². The fourth-order valence-electron chi connectivity index (χ4n) is 2.43. The van der Waals surface area contributed by atoms with Crippen LogP contribution >= 0.6 is 15.9 Å². The number of hydrogen-bond donors (Lipinski definition) is 2. The van der Waals surface area contributed by atoms with Gasteiger partial charge in [-0.05, 0) is 24.3 Å². The van der Waals surface area contributed by atoms with Crippen LogP contribution in [0.1, 0.15) is 22.1 Å². The summed E-state index contributed by atoms with van der Waals surface area (Å²) < 4.78 is 0.843. The molecule has 0 fully saturated rings. The van der Waals surface area contributed by atoms with Crippen LogP contribution in [0.3, 0.4) is 0 Å². The van der Waals surface area contributed by atoms with E-state index in [1.54, 1.807) is 42.5 Å². The van der Waals surface area contributed by atoms with Crippen LogP contribution in [0, 0.1) is 0 Å². The van der Waals surface area contributed by atoms with Crippen molar-refractivity contribution in [3.63, 3.8) is 0 Å². The summed E-state index contributed by atoms with van der Waals surface area (Å²) in [7, 11) is 0. The molecule has 0 aliphatic carbocycles. The first-order valence-corrected chi connectivity index (χ1v) is 7.49. The van der Waals surface area contributed by atoms with Gasteiger partial charge in [-0.25, -0.2) is 0 Å². The molecule has 22 heavy (non-hydrogen) atoms. The zero-order chi connectivity index (χ0) is 15.7. The molecule has 5 nitrogen and oxygen atoms in total. The molecular weight excluding hydrogens is 348 g/mol. The van der Waals surface area contributed by atoms with Gasteiger partial charge in [-0.1, -0.05) is 40.2 Å². The molecule has 0 radical (unpaired) electrons. The first kappa shape index (κ1) is 14.7. The first-order valence-electron chi connectivity index (χ1n) is 6.69. The SMILES string of the molecule is O=C(CN1C(=O)c2ccccc2C1O)Nc1cccc(Br)c1.